The normalized spacial score (nSPS) is 32.1. The summed E-state index contributed by atoms with van der Waals surface area (Å²) in [5.74, 6) is 0.607. The van der Waals surface area contributed by atoms with Crippen molar-refractivity contribution >= 4 is 5.78 Å². The number of carbonyl (C=O) groups excluding carboxylic acids is 1. The first-order valence-corrected chi connectivity index (χ1v) is 4.03. The fourth-order valence-electron chi connectivity index (χ4n) is 1.37. The van der Waals surface area contributed by atoms with Gasteiger partial charge in [-0.05, 0) is 19.1 Å². The molecule has 2 heterocycles. The summed E-state index contributed by atoms with van der Waals surface area (Å²) in [5.41, 5.74) is 0. The van der Waals surface area contributed by atoms with E-state index in [0.29, 0.717) is 12.4 Å². The maximum Gasteiger partial charge on any atom is 0.191 e. The van der Waals surface area contributed by atoms with Crippen LogP contribution in [0.3, 0.4) is 0 Å². The van der Waals surface area contributed by atoms with Crippen LogP contribution < -0.4 is 0 Å². The summed E-state index contributed by atoms with van der Waals surface area (Å²) in [6.07, 6.45) is 4.67. The Bertz CT molecular complexity index is 265. The van der Waals surface area contributed by atoms with E-state index in [2.05, 4.69) is 0 Å². The zero-order valence-electron chi connectivity index (χ0n) is 6.82. The number of ether oxygens (including phenoxy) is 2. The molecule has 2 rings (SSSR count). The van der Waals surface area contributed by atoms with Crippen LogP contribution >= 0.6 is 0 Å². The molecule has 2 unspecified atom stereocenters. The Morgan fingerprint density at radius 3 is 3.00 bits per heavy atom. The van der Waals surface area contributed by atoms with Crippen LogP contribution in [0.25, 0.3) is 0 Å². The third-order valence-corrected chi connectivity index (χ3v) is 1.91. The quantitative estimate of drug-likeness (QED) is 0.569. The van der Waals surface area contributed by atoms with Crippen LogP contribution in [0.15, 0.2) is 24.0 Å². The Labute approximate surface area is 70.7 Å². The Morgan fingerprint density at radius 2 is 2.25 bits per heavy atom. The van der Waals surface area contributed by atoms with Crippen LogP contribution in [-0.4, -0.2) is 24.6 Å². The van der Waals surface area contributed by atoms with Gasteiger partial charge in [0.15, 0.2) is 5.78 Å². The predicted octanol–water partition coefficient (Wildman–Crippen LogP) is 0.813. The van der Waals surface area contributed by atoms with Gasteiger partial charge in [-0.2, -0.15) is 0 Å². The third kappa shape index (κ3) is 1.06. The van der Waals surface area contributed by atoms with Gasteiger partial charge in [-0.1, -0.05) is 0 Å². The van der Waals surface area contributed by atoms with Crippen LogP contribution in [0.4, 0.5) is 0 Å². The molecule has 3 heteroatoms. The van der Waals surface area contributed by atoms with E-state index in [-0.39, 0.29) is 18.0 Å². The van der Waals surface area contributed by atoms with Gasteiger partial charge in [0.25, 0.3) is 0 Å². The van der Waals surface area contributed by atoms with E-state index in [1.54, 1.807) is 6.08 Å². The van der Waals surface area contributed by atoms with E-state index in [1.807, 2.05) is 13.0 Å². The summed E-state index contributed by atoms with van der Waals surface area (Å²) in [7, 11) is 0. The van der Waals surface area contributed by atoms with Gasteiger partial charge in [-0.15, -0.1) is 0 Å². The molecule has 2 bridgehead atoms. The van der Waals surface area contributed by atoms with Crippen molar-refractivity contribution < 1.29 is 14.3 Å². The van der Waals surface area contributed by atoms with E-state index >= 15 is 0 Å². The number of hydrogen-bond donors (Lipinski definition) is 0. The van der Waals surface area contributed by atoms with Gasteiger partial charge in [0, 0.05) is 6.08 Å². The zero-order chi connectivity index (χ0) is 8.55. The largest absolute Gasteiger partial charge is 0.495 e. The molecule has 2 aliphatic heterocycles. The van der Waals surface area contributed by atoms with Crippen molar-refractivity contribution in [2.45, 2.75) is 19.1 Å². The average Bonchev–Trinajstić information content (AvgIpc) is 2.46. The number of ketones is 1. The average molecular weight is 166 g/mol. The summed E-state index contributed by atoms with van der Waals surface area (Å²) in [4.78, 5) is 11.2. The third-order valence-electron chi connectivity index (χ3n) is 1.91. The van der Waals surface area contributed by atoms with E-state index < -0.39 is 0 Å². The smallest absolute Gasteiger partial charge is 0.191 e. The van der Waals surface area contributed by atoms with Gasteiger partial charge in [0.05, 0.1) is 6.61 Å². The molecule has 0 saturated heterocycles. The van der Waals surface area contributed by atoms with Crippen LogP contribution in [0, 0.1) is 0 Å². The lowest BCUT2D eigenvalue weighted by molar-refractivity contribution is -0.125. The van der Waals surface area contributed by atoms with Gasteiger partial charge in [0.1, 0.15) is 18.0 Å². The maximum absolute atomic E-state index is 11.2. The standard InChI is InChI=1S/C9H10O3/c1-2-11-9-5-6(10)7-3-4-8(9)12-7/h3-5,7-8H,2H2,1H3. The van der Waals surface area contributed by atoms with Crippen LogP contribution in [0.5, 0.6) is 0 Å². The number of carbonyl (C=O) groups is 1. The maximum atomic E-state index is 11.2. The Hall–Kier alpha value is -1.09. The monoisotopic (exact) mass is 166 g/mol. The van der Waals surface area contributed by atoms with Crippen molar-refractivity contribution in [3.8, 4) is 0 Å². The summed E-state index contributed by atoms with van der Waals surface area (Å²) >= 11 is 0. The van der Waals surface area contributed by atoms with E-state index in [4.69, 9.17) is 9.47 Å². The molecule has 0 amide bonds. The second-order valence-corrected chi connectivity index (χ2v) is 2.74. The van der Waals surface area contributed by atoms with Crippen molar-refractivity contribution in [3.05, 3.63) is 24.0 Å². The highest BCUT2D eigenvalue weighted by Crippen LogP contribution is 2.25. The van der Waals surface area contributed by atoms with Crippen molar-refractivity contribution in [3.63, 3.8) is 0 Å². The van der Waals surface area contributed by atoms with E-state index in [0.717, 1.165) is 0 Å². The van der Waals surface area contributed by atoms with Gasteiger partial charge < -0.3 is 9.47 Å². The van der Waals surface area contributed by atoms with Crippen LogP contribution in [0.1, 0.15) is 6.92 Å². The van der Waals surface area contributed by atoms with Crippen molar-refractivity contribution in [2.75, 3.05) is 6.61 Å². The lowest BCUT2D eigenvalue weighted by Crippen LogP contribution is -2.28. The molecule has 3 nitrogen and oxygen atoms in total. The summed E-state index contributed by atoms with van der Waals surface area (Å²) in [6.45, 7) is 2.45. The topological polar surface area (TPSA) is 35.5 Å². The molecule has 64 valence electrons. The molecular formula is C9H10O3. The Morgan fingerprint density at radius 1 is 1.50 bits per heavy atom. The van der Waals surface area contributed by atoms with Crippen molar-refractivity contribution in [1.82, 2.24) is 0 Å². The molecule has 0 spiro atoms. The molecule has 0 saturated carbocycles. The minimum Gasteiger partial charge on any atom is -0.495 e. The number of fused-ring (bicyclic) bond motifs is 2. The van der Waals surface area contributed by atoms with Gasteiger partial charge in [-0.3, -0.25) is 4.79 Å². The van der Waals surface area contributed by atoms with E-state index in [1.165, 1.54) is 6.08 Å². The molecule has 0 aliphatic carbocycles. The number of rotatable bonds is 2. The molecule has 0 N–H and O–H groups in total. The fourth-order valence-corrected chi connectivity index (χ4v) is 1.37. The molecule has 12 heavy (non-hydrogen) atoms. The molecule has 0 radical (unpaired) electrons. The lowest BCUT2D eigenvalue weighted by atomic mass is 10.2. The molecule has 2 atom stereocenters. The second-order valence-electron chi connectivity index (χ2n) is 2.74. The summed E-state index contributed by atoms with van der Waals surface area (Å²) in [5, 5.41) is 0. The molecular weight excluding hydrogens is 156 g/mol. The highest BCUT2D eigenvalue weighted by molar-refractivity contribution is 5.97. The predicted molar refractivity (Wildman–Crippen MR) is 42.5 cm³/mol. The van der Waals surface area contributed by atoms with Gasteiger partial charge in [-0.25, -0.2) is 0 Å². The van der Waals surface area contributed by atoms with Gasteiger partial charge >= 0.3 is 0 Å². The minimum atomic E-state index is -0.362. The number of hydrogen-bond acceptors (Lipinski definition) is 3. The highest BCUT2D eigenvalue weighted by Gasteiger charge is 2.32. The SMILES string of the molecule is CCOC1=CC(=O)C2C=CC1O2. The van der Waals surface area contributed by atoms with Crippen molar-refractivity contribution in [1.29, 1.82) is 0 Å². The first kappa shape index (κ1) is 7.55. The Kier molecular flexibility index (Phi) is 1.73. The molecule has 0 aromatic rings. The summed E-state index contributed by atoms with van der Waals surface area (Å²) in [6, 6.07) is 0. The minimum absolute atomic E-state index is 0.0246. The van der Waals surface area contributed by atoms with Crippen LogP contribution in [0.2, 0.25) is 0 Å². The van der Waals surface area contributed by atoms with Gasteiger partial charge in [0.2, 0.25) is 0 Å². The molecule has 0 fully saturated rings. The zero-order valence-corrected chi connectivity index (χ0v) is 6.82. The Balaban J connectivity index is 2.22. The molecule has 0 aromatic carbocycles. The van der Waals surface area contributed by atoms with Crippen molar-refractivity contribution in [2.24, 2.45) is 0 Å². The first-order chi connectivity index (χ1) is 5.81. The fraction of sp³-hybridized carbons (Fsp3) is 0.444. The first-order valence-electron chi connectivity index (χ1n) is 4.03. The lowest BCUT2D eigenvalue weighted by Gasteiger charge is -2.20. The molecule has 2 aliphatic rings. The summed E-state index contributed by atoms with van der Waals surface area (Å²) < 4.78 is 10.6. The highest BCUT2D eigenvalue weighted by atomic mass is 16.5. The molecule has 0 aromatic heterocycles. The second kappa shape index (κ2) is 2.75. The van der Waals surface area contributed by atoms with E-state index in [9.17, 15) is 4.79 Å². The van der Waals surface area contributed by atoms with Crippen LogP contribution in [-0.2, 0) is 14.3 Å².